The van der Waals surface area contributed by atoms with Crippen molar-refractivity contribution in [3.63, 3.8) is 0 Å². The molecular formula is C21H14ClNO4. The minimum absolute atomic E-state index is 1.22. The van der Waals surface area contributed by atoms with Gasteiger partial charge in [-0.05, 0) is 35.7 Å². The van der Waals surface area contributed by atoms with Gasteiger partial charge < -0.3 is 0 Å². The molecule has 2 heterocycles. The van der Waals surface area contributed by atoms with E-state index in [1.807, 2.05) is 0 Å². The zero-order valence-electron chi connectivity index (χ0n) is 14.0. The number of aromatic nitrogens is 1. The van der Waals surface area contributed by atoms with Crippen LogP contribution in [0.2, 0.25) is 0 Å². The molecule has 5 aromatic rings. The first kappa shape index (κ1) is 17.6. The Labute approximate surface area is 156 Å². The van der Waals surface area contributed by atoms with Gasteiger partial charge in [-0.2, -0.15) is 4.40 Å². The number of hydrogen-bond acceptors (Lipinski definition) is 4. The van der Waals surface area contributed by atoms with Crippen LogP contribution in [0.15, 0.2) is 84.9 Å². The molecule has 0 aliphatic carbocycles. The Hall–Kier alpha value is -2.80. The molecule has 6 heteroatoms. The van der Waals surface area contributed by atoms with Gasteiger partial charge in [0.2, 0.25) is 16.6 Å². The van der Waals surface area contributed by atoms with Crippen molar-refractivity contribution in [1.82, 2.24) is 0 Å². The SMILES string of the molecule is [O-][Cl+3]([O-])([O-])[O-].c1ccc2c(c1)ccc1ccc3ccc4ccccc4[n+]3c12. The Morgan fingerprint density at radius 3 is 1.81 bits per heavy atom. The lowest BCUT2D eigenvalue weighted by Crippen LogP contribution is -2.68. The molecule has 5 nitrogen and oxygen atoms in total. The third kappa shape index (κ3) is 3.55. The molecule has 2 aromatic heterocycles. The van der Waals surface area contributed by atoms with Gasteiger partial charge in [-0.1, -0.05) is 36.4 Å². The number of benzene rings is 3. The first-order valence-electron chi connectivity index (χ1n) is 8.17. The number of hydrogen-bond donors (Lipinski definition) is 0. The number of rotatable bonds is 0. The van der Waals surface area contributed by atoms with Gasteiger partial charge in [0.25, 0.3) is 0 Å². The van der Waals surface area contributed by atoms with Crippen molar-refractivity contribution in [1.29, 1.82) is 0 Å². The molecule has 0 unspecified atom stereocenters. The van der Waals surface area contributed by atoms with E-state index in [4.69, 9.17) is 18.6 Å². The van der Waals surface area contributed by atoms with E-state index in [1.54, 1.807) is 0 Å². The van der Waals surface area contributed by atoms with Crippen LogP contribution in [0.1, 0.15) is 0 Å². The lowest BCUT2D eigenvalue weighted by atomic mass is 10.0. The number of halogens is 1. The van der Waals surface area contributed by atoms with Gasteiger partial charge in [0.1, 0.15) is 0 Å². The smallest absolute Gasteiger partial charge is 0.222 e. The Morgan fingerprint density at radius 1 is 0.556 bits per heavy atom. The summed E-state index contributed by atoms with van der Waals surface area (Å²) in [6, 6.07) is 30.4. The van der Waals surface area contributed by atoms with E-state index in [-0.39, 0.29) is 0 Å². The average Bonchev–Trinajstić information content (AvgIpc) is 2.66. The standard InChI is InChI=1S/C21H14N.ClHO4/c1-3-7-19-15(5-1)9-10-17-12-14-18-13-11-16-6-2-4-8-20(16)22(18)21(17)19;2-1(3,4)5/h1-14H;(H,2,3,4,5)/q+1;/p-1. The molecule has 0 N–H and O–H groups in total. The summed E-state index contributed by atoms with van der Waals surface area (Å²) < 4.78 is 36.4. The van der Waals surface area contributed by atoms with Crippen molar-refractivity contribution < 1.29 is 33.3 Å². The monoisotopic (exact) mass is 379 g/mol. The Morgan fingerprint density at radius 2 is 1.07 bits per heavy atom. The lowest BCUT2D eigenvalue weighted by Gasteiger charge is -2.17. The Kier molecular flexibility index (Phi) is 4.39. The van der Waals surface area contributed by atoms with E-state index in [1.165, 1.54) is 38.1 Å². The van der Waals surface area contributed by atoms with Crippen molar-refractivity contribution >= 4 is 38.1 Å². The number of para-hydroxylation sites is 1. The third-order valence-electron chi connectivity index (χ3n) is 4.46. The van der Waals surface area contributed by atoms with Crippen LogP contribution in [0, 0.1) is 10.2 Å². The molecule has 0 radical (unpaired) electrons. The van der Waals surface area contributed by atoms with Crippen LogP contribution in [0.25, 0.3) is 38.1 Å². The van der Waals surface area contributed by atoms with E-state index in [2.05, 4.69) is 89.3 Å². The van der Waals surface area contributed by atoms with Gasteiger partial charge in [0.05, 0.1) is 5.39 Å². The highest BCUT2D eigenvalue weighted by Crippen LogP contribution is 2.24. The highest BCUT2D eigenvalue weighted by Gasteiger charge is 2.15. The second kappa shape index (κ2) is 6.74. The fourth-order valence-electron chi connectivity index (χ4n) is 3.43. The van der Waals surface area contributed by atoms with Crippen LogP contribution in [-0.4, -0.2) is 0 Å². The maximum atomic E-state index is 8.49. The first-order valence-corrected chi connectivity index (χ1v) is 9.41. The topological polar surface area (TPSA) is 96.3 Å². The van der Waals surface area contributed by atoms with Gasteiger partial charge in [0, 0.05) is 29.0 Å². The summed E-state index contributed by atoms with van der Waals surface area (Å²) in [5.41, 5.74) is 3.76. The molecule has 0 atom stereocenters. The molecule has 0 spiro atoms. The third-order valence-corrected chi connectivity index (χ3v) is 4.46. The largest absolute Gasteiger partial charge is 0.226 e. The van der Waals surface area contributed by atoms with E-state index < -0.39 is 10.2 Å². The van der Waals surface area contributed by atoms with Crippen molar-refractivity contribution in [2.75, 3.05) is 0 Å². The molecule has 3 aromatic carbocycles. The maximum Gasteiger partial charge on any atom is 0.226 e. The molecule has 0 bridgehead atoms. The van der Waals surface area contributed by atoms with Crippen LogP contribution < -0.4 is 23.0 Å². The van der Waals surface area contributed by atoms with Crippen molar-refractivity contribution in [3.8, 4) is 0 Å². The summed E-state index contributed by atoms with van der Waals surface area (Å²) in [6.45, 7) is 0. The molecular weight excluding hydrogens is 366 g/mol. The zero-order chi connectivity index (χ0) is 19.0. The molecule has 0 aliphatic rings. The molecule has 0 saturated heterocycles. The molecule has 0 aliphatic heterocycles. The molecule has 0 fully saturated rings. The highest BCUT2D eigenvalue weighted by molar-refractivity contribution is 6.04. The lowest BCUT2D eigenvalue weighted by molar-refractivity contribution is -2.00. The molecule has 27 heavy (non-hydrogen) atoms. The van der Waals surface area contributed by atoms with Gasteiger partial charge in [-0.25, -0.2) is 18.6 Å². The van der Waals surface area contributed by atoms with Crippen molar-refractivity contribution in [2.24, 2.45) is 0 Å². The predicted octanol–water partition coefficient (Wildman–Crippen LogP) is 0.129. The van der Waals surface area contributed by atoms with Crippen LogP contribution in [-0.2, 0) is 0 Å². The minimum Gasteiger partial charge on any atom is -0.222 e. The quantitative estimate of drug-likeness (QED) is 0.282. The average molecular weight is 380 g/mol. The summed E-state index contributed by atoms with van der Waals surface area (Å²) in [5, 5.41) is 5.11. The summed E-state index contributed by atoms with van der Waals surface area (Å²) in [5.74, 6) is 0. The highest BCUT2D eigenvalue weighted by atomic mass is 35.7. The predicted molar refractivity (Wildman–Crippen MR) is 92.1 cm³/mol. The van der Waals surface area contributed by atoms with E-state index in [0.29, 0.717) is 0 Å². The molecule has 5 rings (SSSR count). The fraction of sp³-hybridized carbons (Fsp3) is 0. The van der Waals surface area contributed by atoms with Crippen LogP contribution >= 0.6 is 0 Å². The first-order chi connectivity index (χ1) is 12.9. The fourth-order valence-corrected chi connectivity index (χ4v) is 3.43. The van der Waals surface area contributed by atoms with Crippen molar-refractivity contribution in [3.05, 3.63) is 84.9 Å². The maximum absolute atomic E-state index is 8.49. The Bertz CT molecular complexity index is 1170. The van der Waals surface area contributed by atoms with E-state index in [9.17, 15) is 0 Å². The summed E-state index contributed by atoms with van der Waals surface area (Å²) >= 11 is 0. The van der Waals surface area contributed by atoms with Gasteiger partial charge >= 0.3 is 0 Å². The number of nitrogens with zero attached hydrogens (tertiary/aromatic N) is 1. The second-order valence-electron chi connectivity index (χ2n) is 6.09. The summed E-state index contributed by atoms with van der Waals surface area (Å²) in [4.78, 5) is 0. The minimum atomic E-state index is -4.94. The van der Waals surface area contributed by atoms with Gasteiger partial charge in [-0.15, -0.1) is 10.2 Å². The summed E-state index contributed by atoms with van der Waals surface area (Å²) in [6.07, 6.45) is 0. The van der Waals surface area contributed by atoms with Gasteiger partial charge in [0.15, 0.2) is 0 Å². The van der Waals surface area contributed by atoms with Crippen LogP contribution in [0.3, 0.4) is 0 Å². The molecule has 0 amide bonds. The number of pyridine rings is 2. The molecule has 134 valence electrons. The van der Waals surface area contributed by atoms with Gasteiger partial charge in [-0.3, -0.25) is 0 Å². The zero-order valence-corrected chi connectivity index (χ0v) is 14.8. The molecule has 0 saturated carbocycles. The van der Waals surface area contributed by atoms with Crippen LogP contribution in [0.5, 0.6) is 0 Å². The summed E-state index contributed by atoms with van der Waals surface area (Å²) in [7, 11) is -4.94. The second-order valence-corrected chi connectivity index (χ2v) is 6.84. The van der Waals surface area contributed by atoms with Crippen LogP contribution in [0.4, 0.5) is 0 Å². The van der Waals surface area contributed by atoms with E-state index >= 15 is 0 Å². The Balaban J connectivity index is 0.000000323. The van der Waals surface area contributed by atoms with Crippen molar-refractivity contribution in [2.45, 2.75) is 0 Å². The van der Waals surface area contributed by atoms with E-state index in [0.717, 1.165) is 0 Å². The number of fused-ring (bicyclic) bond motifs is 7. The normalized spacial score (nSPS) is 11.7.